The summed E-state index contributed by atoms with van der Waals surface area (Å²) in [6.07, 6.45) is 2.74. The van der Waals surface area contributed by atoms with Crippen molar-refractivity contribution in [2.24, 2.45) is 0 Å². The highest BCUT2D eigenvalue weighted by molar-refractivity contribution is 9.10. The number of nitrogens with zero attached hydrogens (tertiary/aromatic N) is 2. The molecule has 3 aromatic rings. The topological polar surface area (TPSA) is 86.8 Å². The van der Waals surface area contributed by atoms with Crippen molar-refractivity contribution in [1.82, 2.24) is 10.2 Å². The summed E-state index contributed by atoms with van der Waals surface area (Å²) in [4.78, 5) is 28.9. The number of anilines is 1. The van der Waals surface area contributed by atoms with Gasteiger partial charge in [0.25, 0.3) is 0 Å². The van der Waals surface area contributed by atoms with Crippen molar-refractivity contribution >= 4 is 43.5 Å². The van der Waals surface area contributed by atoms with Gasteiger partial charge in [-0.25, -0.2) is 8.42 Å². The van der Waals surface area contributed by atoms with E-state index in [1.54, 1.807) is 11.0 Å². The first kappa shape index (κ1) is 31.4. The molecule has 0 saturated heterocycles. The second-order valence-electron chi connectivity index (χ2n) is 9.92. The van der Waals surface area contributed by atoms with Crippen LogP contribution in [0.1, 0.15) is 42.9 Å². The van der Waals surface area contributed by atoms with Gasteiger partial charge in [0.05, 0.1) is 11.9 Å². The number of carbonyl (C=O) groups is 2. The zero-order valence-corrected chi connectivity index (χ0v) is 25.7. The molecule has 40 heavy (non-hydrogen) atoms. The van der Waals surface area contributed by atoms with Crippen LogP contribution in [0.3, 0.4) is 0 Å². The van der Waals surface area contributed by atoms with E-state index < -0.39 is 16.1 Å². The van der Waals surface area contributed by atoms with Crippen LogP contribution in [0, 0.1) is 6.92 Å². The van der Waals surface area contributed by atoms with E-state index >= 15 is 0 Å². The molecule has 0 heterocycles. The first-order chi connectivity index (χ1) is 19.1. The van der Waals surface area contributed by atoms with Crippen molar-refractivity contribution in [3.8, 4) is 0 Å². The smallest absolute Gasteiger partial charge is 0.243 e. The molecule has 1 N–H and O–H groups in total. The number of nitrogens with one attached hydrogen (secondary N) is 1. The third-order valence-electron chi connectivity index (χ3n) is 6.53. The van der Waals surface area contributed by atoms with Crippen LogP contribution in [-0.2, 0) is 32.6 Å². The predicted octanol–water partition coefficient (Wildman–Crippen LogP) is 5.47. The van der Waals surface area contributed by atoms with Crippen LogP contribution in [0.2, 0.25) is 0 Å². The molecule has 0 radical (unpaired) electrons. The molecule has 0 aliphatic carbocycles. The SMILES string of the molecule is CCCNC(=O)[C@@H](Cc1ccccc1)N(Cc1ccc(Br)cc1)C(=O)CCCN(c1cccc(C)c1)S(C)(=O)=O. The summed E-state index contributed by atoms with van der Waals surface area (Å²) >= 11 is 3.45. The molecule has 214 valence electrons. The van der Waals surface area contributed by atoms with Crippen molar-refractivity contribution < 1.29 is 18.0 Å². The Labute approximate surface area is 246 Å². The molecule has 0 unspecified atom stereocenters. The number of carbonyl (C=O) groups excluding carboxylic acids is 2. The highest BCUT2D eigenvalue weighted by Crippen LogP contribution is 2.21. The predicted molar refractivity (Wildman–Crippen MR) is 165 cm³/mol. The maximum absolute atomic E-state index is 13.8. The lowest BCUT2D eigenvalue weighted by Crippen LogP contribution is -2.50. The zero-order valence-electron chi connectivity index (χ0n) is 23.3. The van der Waals surface area contributed by atoms with Gasteiger partial charge in [-0.2, -0.15) is 0 Å². The minimum Gasteiger partial charge on any atom is -0.354 e. The Morgan fingerprint density at radius 1 is 0.950 bits per heavy atom. The average molecular weight is 629 g/mol. The number of halogens is 1. The van der Waals surface area contributed by atoms with Gasteiger partial charge in [0.15, 0.2) is 0 Å². The third kappa shape index (κ3) is 9.48. The molecule has 0 aliphatic heterocycles. The van der Waals surface area contributed by atoms with Crippen LogP contribution in [0.4, 0.5) is 5.69 Å². The Morgan fingerprint density at radius 2 is 1.65 bits per heavy atom. The summed E-state index contributed by atoms with van der Waals surface area (Å²) in [6.45, 7) is 4.83. The summed E-state index contributed by atoms with van der Waals surface area (Å²) in [5, 5.41) is 2.98. The van der Waals surface area contributed by atoms with E-state index in [1.807, 2.05) is 86.6 Å². The van der Waals surface area contributed by atoms with Gasteiger partial charge >= 0.3 is 0 Å². The molecule has 2 amide bonds. The first-order valence-electron chi connectivity index (χ1n) is 13.5. The van der Waals surface area contributed by atoms with E-state index in [-0.39, 0.29) is 31.3 Å². The second-order valence-corrected chi connectivity index (χ2v) is 12.7. The molecule has 3 aromatic carbocycles. The van der Waals surface area contributed by atoms with E-state index in [2.05, 4.69) is 21.2 Å². The van der Waals surface area contributed by atoms with Crippen LogP contribution < -0.4 is 9.62 Å². The van der Waals surface area contributed by atoms with E-state index in [4.69, 9.17) is 0 Å². The van der Waals surface area contributed by atoms with Crippen LogP contribution in [0.25, 0.3) is 0 Å². The molecule has 0 bridgehead atoms. The maximum Gasteiger partial charge on any atom is 0.243 e. The lowest BCUT2D eigenvalue weighted by molar-refractivity contribution is -0.141. The molecule has 0 aliphatic rings. The summed E-state index contributed by atoms with van der Waals surface area (Å²) < 4.78 is 27.5. The fraction of sp³-hybridized carbons (Fsp3) is 0.355. The van der Waals surface area contributed by atoms with Crippen LogP contribution in [0.15, 0.2) is 83.3 Å². The van der Waals surface area contributed by atoms with Gasteiger partial charge in [0, 0.05) is 36.9 Å². The van der Waals surface area contributed by atoms with E-state index in [0.717, 1.165) is 27.6 Å². The lowest BCUT2D eigenvalue weighted by atomic mass is 10.0. The Hall–Kier alpha value is -3.17. The third-order valence-corrected chi connectivity index (χ3v) is 8.25. The summed E-state index contributed by atoms with van der Waals surface area (Å²) in [5.74, 6) is -0.401. The minimum absolute atomic E-state index is 0.0979. The zero-order chi connectivity index (χ0) is 29.1. The number of amides is 2. The fourth-order valence-electron chi connectivity index (χ4n) is 4.49. The Balaban J connectivity index is 1.86. The highest BCUT2D eigenvalue weighted by atomic mass is 79.9. The lowest BCUT2D eigenvalue weighted by Gasteiger charge is -2.32. The van der Waals surface area contributed by atoms with Crippen molar-refractivity contribution in [2.45, 2.75) is 52.1 Å². The van der Waals surface area contributed by atoms with Crippen molar-refractivity contribution in [3.63, 3.8) is 0 Å². The van der Waals surface area contributed by atoms with Crippen LogP contribution in [-0.4, -0.2) is 50.5 Å². The standard InChI is InChI=1S/C31H38BrN3O4S/c1-4-19-33-31(37)29(22-25-11-6-5-7-12-25)34(23-26-15-17-27(32)18-16-26)30(36)14-9-20-35(40(3,38)39)28-13-8-10-24(2)21-28/h5-8,10-13,15-18,21,29H,4,9,14,19-20,22-23H2,1-3H3,(H,33,37)/t29-/m1/s1. The number of aryl methyl sites for hydroxylation is 1. The number of sulfonamides is 1. The summed E-state index contributed by atoms with van der Waals surface area (Å²) in [5.41, 5.74) is 3.37. The van der Waals surface area contributed by atoms with Gasteiger partial charge in [-0.05, 0) is 60.7 Å². The Bertz CT molecular complexity index is 1360. The minimum atomic E-state index is -3.55. The molecular weight excluding hydrogens is 590 g/mol. The number of hydrogen-bond acceptors (Lipinski definition) is 4. The van der Waals surface area contributed by atoms with Gasteiger partial charge in [-0.1, -0.05) is 77.5 Å². The highest BCUT2D eigenvalue weighted by Gasteiger charge is 2.30. The van der Waals surface area contributed by atoms with Gasteiger partial charge in [0.1, 0.15) is 6.04 Å². The molecule has 0 aromatic heterocycles. The van der Waals surface area contributed by atoms with Gasteiger partial charge in [0.2, 0.25) is 21.8 Å². The van der Waals surface area contributed by atoms with Gasteiger partial charge < -0.3 is 10.2 Å². The second kappa shape index (κ2) is 15.0. The number of hydrogen-bond donors (Lipinski definition) is 1. The van der Waals surface area contributed by atoms with Crippen LogP contribution in [0.5, 0.6) is 0 Å². The first-order valence-corrected chi connectivity index (χ1v) is 16.1. The fourth-order valence-corrected chi connectivity index (χ4v) is 5.72. The summed E-state index contributed by atoms with van der Waals surface area (Å²) in [7, 11) is -3.55. The molecule has 7 nitrogen and oxygen atoms in total. The van der Waals surface area contributed by atoms with Gasteiger partial charge in [-0.15, -0.1) is 0 Å². The van der Waals surface area contributed by atoms with Crippen molar-refractivity contribution in [2.75, 3.05) is 23.7 Å². The molecule has 3 rings (SSSR count). The average Bonchev–Trinajstić information content (AvgIpc) is 2.92. The molecule has 9 heteroatoms. The van der Waals surface area contributed by atoms with E-state index in [1.165, 1.54) is 10.6 Å². The number of benzene rings is 3. The monoisotopic (exact) mass is 627 g/mol. The molecular formula is C31H38BrN3O4S. The van der Waals surface area contributed by atoms with Crippen molar-refractivity contribution in [1.29, 1.82) is 0 Å². The molecule has 0 fully saturated rings. The van der Waals surface area contributed by atoms with E-state index in [9.17, 15) is 18.0 Å². The molecule has 0 spiro atoms. The quantitative estimate of drug-likeness (QED) is 0.257. The van der Waals surface area contributed by atoms with Crippen LogP contribution >= 0.6 is 15.9 Å². The Kier molecular flexibility index (Phi) is 11.8. The Morgan fingerprint density at radius 3 is 2.27 bits per heavy atom. The van der Waals surface area contributed by atoms with Crippen molar-refractivity contribution in [3.05, 3.63) is 100 Å². The number of rotatable bonds is 14. The van der Waals surface area contributed by atoms with Gasteiger partial charge in [-0.3, -0.25) is 13.9 Å². The molecule has 1 atom stereocenters. The maximum atomic E-state index is 13.8. The van der Waals surface area contributed by atoms with E-state index in [0.29, 0.717) is 25.1 Å². The molecule has 0 saturated carbocycles. The normalized spacial score (nSPS) is 12.0. The largest absolute Gasteiger partial charge is 0.354 e. The summed E-state index contributed by atoms with van der Waals surface area (Å²) in [6, 6.07) is 23.9.